The number of ether oxygens (including phenoxy) is 3. The van der Waals surface area contributed by atoms with Gasteiger partial charge in [-0.1, -0.05) is 24.3 Å². The molecule has 1 N–H and O–H groups in total. The minimum absolute atomic E-state index is 0.0277. The van der Waals surface area contributed by atoms with E-state index in [2.05, 4.69) is 0 Å². The van der Waals surface area contributed by atoms with Crippen molar-refractivity contribution in [3.05, 3.63) is 64.7 Å². The first-order valence-electron chi connectivity index (χ1n) is 7.65. The van der Waals surface area contributed by atoms with E-state index >= 15 is 0 Å². The Kier molecular flexibility index (Phi) is 6.27. The Bertz CT molecular complexity index is 768. The standard InChI is InChI=1S/C19H20O6/c1-12(24-3)13-8-9-17(25-11-23-2)16(10-13)18(20)14-6-4-5-7-15(14)19(21)22/h4-10,12H,11H2,1-3H3,(H,21,22). The number of carbonyl (C=O) groups is 2. The van der Waals surface area contributed by atoms with Crippen LogP contribution >= 0.6 is 0 Å². The third-order valence-corrected chi connectivity index (χ3v) is 3.81. The summed E-state index contributed by atoms with van der Waals surface area (Å²) in [6.45, 7) is 1.82. The molecule has 1 atom stereocenters. The van der Waals surface area contributed by atoms with E-state index in [0.717, 1.165) is 5.56 Å². The van der Waals surface area contributed by atoms with Crippen molar-refractivity contribution in [1.29, 1.82) is 0 Å². The summed E-state index contributed by atoms with van der Waals surface area (Å²) in [7, 11) is 3.05. The van der Waals surface area contributed by atoms with Gasteiger partial charge in [0.15, 0.2) is 12.6 Å². The molecule has 132 valence electrons. The SMILES string of the molecule is COCOc1ccc(C(C)OC)cc1C(=O)c1ccccc1C(=O)O. The Hall–Kier alpha value is -2.70. The first-order valence-corrected chi connectivity index (χ1v) is 7.65. The zero-order chi connectivity index (χ0) is 18.4. The predicted octanol–water partition coefficient (Wildman–Crippen LogP) is 3.31. The molecule has 2 aromatic rings. The summed E-state index contributed by atoms with van der Waals surface area (Å²) < 4.78 is 15.6. The quantitative estimate of drug-likeness (QED) is 0.584. The van der Waals surface area contributed by atoms with E-state index in [1.165, 1.54) is 19.2 Å². The normalized spacial score (nSPS) is 11.8. The number of hydrogen-bond acceptors (Lipinski definition) is 5. The third-order valence-electron chi connectivity index (χ3n) is 3.81. The number of carbonyl (C=O) groups excluding carboxylic acids is 1. The fourth-order valence-electron chi connectivity index (χ4n) is 2.37. The maximum Gasteiger partial charge on any atom is 0.336 e. The number of ketones is 1. The van der Waals surface area contributed by atoms with Crippen molar-refractivity contribution < 1.29 is 28.9 Å². The van der Waals surface area contributed by atoms with Crippen LogP contribution in [0, 0.1) is 0 Å². The smallest absolute Gasteiger partial charge is 0.336 e. The second-order valence-corrected chi connectivity index (χ2v) is 5.36. The molecule has 0 fully saturated rings. The van der Waals surface area contributed by atoms with E-state index in [1.54, 1.807) is 37.4 Å². The zero-order valence-electron chi connectivity index (χ0n) is 14.3. The van der Waals surface area contributed by atoms with Gasteiger partial charge in [0, 0.05) is 19.8 Å². The van der Waals surface area contributed by atoms with E-state index in [4.69, 9.17) is 14.2 Å². The van der Waals surface area contributed by atoms with Crippen LogP contribution in [0.5, 0.6) is 5.75 Å². The lowest BCUT2D eigenvalue weighted by Gasteiger charge is -2.15. The second kappa shape index (κ2) is 8.41. The number of carboxylic acid groups (broad SMARTS) is 1. The van der Waals surface area contributed by atoms with Gasteiger partial charge in [-0.25, -0.2) is 4.79 Å². The van der Waals surface area contributed by atoms with Gasteiger partial charge < -0.3 is 19.3 Å². The molecule has 0 saturated heterocycles. The first-order chi connectivity index (χ1) is 12.0. The molecule has 0 aliphatic carbocycles. The Morgan fingerprint density at radius 1 is 1.04 bits per heavy atom. The molecule has 6 nitrogen and oxygen atoms in total. The molecule has 2 aromatic carbocycles. The number of hydrogen-bond donors (Lipinski definition) is 1. The molecule has 0 aromatic heterocycles. The van der Waals surface area contributed by atoms with Gasteiger partial charge in [-0.2, -0.15) is 0 Å². The van der Waals surface area contributed by atoms with Gasteiger partial charge in [-0.15, -0.1) is 0 Å². The number of aromatic carboxylic acids is 1. The van der Waals surface area contributed by atoms with Crippen molar-refractivity contribution in [2.75, 3.05) is 21.0 Å². The molecule has 0 aliphatic rings. The maximum absolute atomic E-state index is 13.0. The lowest BCUT2D eigenvalue weighted by Crippen LogP contribution is -2.12. The highest BCUT2D eigenvalue weighted by atomic mass is 16.7. The van der Waals surface area contributed by atoms with Gasteiger partial charge in [0.05, 0.1) is 17.2 Å². The van der Waals surface area contributed by atoms with Gasteiger partial charge in [0.1, 0.15) is 5.75 Å². The molecule has 1 unspecified atom stereocenters. The van der Waals surface area contributed by atoms with Crippen LogP contribution < -0.4 is 4.74 Å². The molecule has 0 saturated carbocycles. The highest BCUT2D eigenvalue weighted by Gasteiger charge is 2.22. The molecular weight excluding hydrogens is 324 g/mol. The average molecular weight is 344 g/mol. The molecule has 6 heteroatoms. The molecule has 0 amide bonds. The number of rotatable bonds is 8. The van der Waals surface area contributed by atoms with Gasteiger partial charge in [0.2, 0.25) is 0 Å². The second-order valence-electron chi connectivity index (χ2n) is 5.36. The lowest BCUT2D eigenvalue weighted by molar-refractivity contribution is 0.0502. The van der Waals surface area contributed by atoms with E-state index in [-0.39, 0.29) is 29.6 Å². The predicted molar refractivity (Wildman–Crippen MR) is 91.2 cm³/mol. The highest BCUT2D eigenvalue weighted by Crippen LogP contribution is 2.28. The van der Waals surface area contributed by atoms with Crippen LogP contribution in [-0.2, 0) is 9.47 Å². The molecule has 2 rings (SSSR count). The molecule has 0 bridgehead atoms. The van der Waals surface area contributed by atoms with Crippen molar-refractivity contribution in [2.24, 2.45) is 0 Å². The summed E-state index contributed by atoms with van der Waals surface area (Å²) >= 11 is 0. The Labute approximate surface area is 146 Å². The van der Waals surface area contributed by atoms with E-state index in [9.17, 15) is 14.7 Å². The van der Waals surface area contributed by atoms with Crippen LogP contribution in [0.3, 0.4) is 0 Å². The summed E-state index contributed by atoms with van der Waals surface area (Å²) in [5.74, 6) is -1.28. The zero-order valence-corrected chi connectivity index (χ0v) is 14.3. The fraction of sp³-hybridized carbons (Fsp3) is 0.263. The van der Waals surface area contributed by atoms with Gasteiger partial charge in [-0.05, 0) is 30.7 Å². The van der Waals surface area contributed by atoms with Gasteiger partial charge in [-0.3, -0.25) is 4.79 Å². The van der Waals surface area contributed by atoms with Crippen LogP contribution in [0.1, 0.15) is 44.9 Å². The van der Waals surface area contributed by atoms with Crippen LogP contribution in [0.2, 0.25) is 0 Å². The van der Waals surface area contributed by atoms with Crippen molar-refractivity contribution in [1.82, 2.24) is 0 Å². The molecule has 0 heterocycles. The largest absolute Gasteiger partial charge is 0.478 e. The minimum atomic E-state index is -1.16. The minimum Gasteiger partial charge on any atom is -0.478 e. The van der Waals surface area contributed by atoms with Crippen molar-refractivity contribution in [2.45, 2.75) is 13.0 Å². The molecular formula is C19H20O6. The topological polar surface area (TPSA) is 82.1 Å². The lowest BCUT2D eigenvalue weighted by atomic mass is 9.95. The monoisotopic (exact) mass is 344 g/mol. The van der Waals surface area contributed by atoms with E-state index in [1.807, 2.05) is 6.92 Å². The van der Waals surface area contributed by atoms with Crippen molar-refractivity contribution in [3.63, 3.8) is 0 Å². The van der Waals surface area contributed by atoms with Crippen LogP contribution in [-0.4, -0.2) is 37.9 Å². The van der Waals surface area contributed by atoms with Crippen LogP contribution in [0.25, 0.3) is 0 Å². The van der Waals surface area contributed by atoms with Crippen LogP contribution in [0.4, 0.5) is 0 Å². The van der Waals surface area contributed by atoms with E-state index in [0.29, 0.717) is 5.75 Å². The van der Waals surface area contributed by atoms with Gasteiger partial charge in [0.25, 0.3) is 0 Å². The molecule has 0 radical (unpaired) electrons. The van der Waals surface area contributed by atoms with Crippen LogP contribution in [0.15, 0.2) is 42.5 Å². The Balaban J connectivity index is 2.54. The summed E-state index contributed by atoms with van der Waals surface area (Å²) in [4.78, 5) is 24.4. The highest BCUT2D eigenvalue weighted by molar-refractivity contribution is 6.15. The molecule has 25 heavy (non-hydrogen) atoms. The fourth-order valence-corrected chi connectivity index (χ4v) is 2.37. The summed E-state index contributed by atoms with van der Waals surface area (Å²) in [5.41, 5.74) is 1.07. The Morgan fingerprint density at radius 2 is 1.72 bits per heavy atom. The maximum atomic E-state index is 13.0. The number of benzene rings is 2. The molecule has 0 spiro atoms. The van der Waals surface area contributed by atoms with Crippen molar-refractivity contribution >= 4 is 11.8 Å². The Morgan fingerprint density at radius 3 is 2.32 bits per heavy atom. The number of methoxy groups -OCH3 is 2. The first kappa shape index (κ1) is 18.6. The summed E-state index contributed by atoms with van der Waals surface area (Å²) in [6, 6.07) is 11.2. The summed E-state index contributed by atoms with van der Waals surface area (Å²) in [5, 5.41) is 9.33. The van der Waals surface area contributed by atoms with E-state index < -0.39 is 11.8 Å². The van der Waals surface area contributed by atoms with Gasteiger partial charge >= 0.3 is 5.97 Å². The third kappa shape index (κ3) is 4.23. The van der Waals surface area contributed by atoms with Crippen molar-refractivity contribution in [3.8, 4) is 5.75 Å². The summed E-state index contributed by atoms with van der Waals surface area (Å²) in [6.07, 6.45) is -0.224. The average Bonchev–Trinajstić information content (AvgIpc) is 2.64. The molecule has 0 aliphatic heterocycles. The number of carboxylic acids is 1.